The minimum atomic E-state index is -0.592. The van der Waals surface area contributed by atoms with Crippen LogP contribution in [0.25, 0.3) is 0 Å². The van der Waals surface area contributed by atoms with E-state index in [0.29, 0.717) is 12.1 Å². The van der Waals surface area contributed by atoms with Gasteiger partial charge in [0.15, 0.2) is 0 Å². The molecule has 0 aliphatic carbocycles. The zero-order chi connectivity index (χ0) is 13.0. The van der Waals surface area contributed by atoms with Gasteiger partial charge in [-0.25, -0.2) is 4.79 Å². The number of hydrogen-bond acceptors (Lipinski definition) is 3. The summed E-state index contributed by atoms with van der Waals surface area (Å²) in [7, 11) is 0. The monoisotopic (exact) mass is 246 g/mol. The number of nitrogens with one attached hydrogen (secondary N) is 2. The molecule has 0 aliphatic rings. The minimum Gasteiger partial charge on any atom is -0.462 e. The number of hydrogen-bond donors (Lipinski definition) is 2. The average molecular weight is 246 g/mol. The van der Waals surface area contributed by atoms with Crippen LogP contribution in [0, 0.1) is 0 Å². The van der Waals surface area contributed by atoms with E-state index < -0.39 is 11.5 Å². The van der Waals surface area contributed by atoms with E-state index in [4.69, 9.17) is 4.74 Å². The molecule has 0 unspecified atom stereocenters. The molecule has 1 heterocycles. The maximum Gasteiger partial charge on any atom is 0.345 e. The van der Waals surface area contributed by atoms with Crippen LogP contribution in [0.2, 0.25) is 0 Å². The Labute approximate surface area is 104 Å². The number of ether oxygens (including phenoxy) is 1. The number of benzene rings is 1. The summed E-state index contributed by atoms with van der Waals surface area (Å²) >= 11 is 0. The normalized spacial score (nSPS) is 10.3. The van der Waals surface area contributed by atoms with Gasteiger partial charge in [-0.3, -0.25) is 9.89 Å². The maximum atomic E-state index is 11.7. The predicted octanol–water partition coefficient (Wildman–Crippen LogP) is 1.47. The van der Waals surface area contributed by atoms with Gasteiger partial charge in [0, 0.05) is 6.42 Å². The Bertz CT molecular complexity index is 584. The van der Waals surface area contributed by atoms with E-state index in [2.05, 4.69) is 10.2 Å². The van der Waals surface area contributed by atoms with Crippen molar-refractivity contribution in [2.24, 2.45) is 0 Å². The third kappa shape index (κ3) is 2.51. The summed E-state index contributed by atoms with van der Waals surface area (Å²) < 4.78 is 4.87. The van der Waals surface area contributed by atoms with Crippen molar-refractivity contribution >= 4 is 5.97 Å². The number of carbonyl (C=O) groups excluding carboxylic acids is 1. The fourth-order valence-corrected chi connectivity index (χ4v) is 1.75. The molecule has 0 spiro atoms. The molecule has 1 aromatic carbocycles. The second-order valence-corrected chi connectivity index (χ2v) is 3.82. The minimum absolute atomic E-state index is 0.0562. The summed E-state index contributed by atoms with van der Waals surface area (Å²) in [6, 6.07) is 9.59. The van der Waals surface area contributed by atoms with Gasteiger partial charge in [-0.1, -0.05) is 30.3 Å². The maximum absolute atomic E-state index is 11.7. The topological polar surface area (TPSA) is 75.0 Å². The fourth-order valence-electron chi connectivity index (χ4n) is 1.75. The molecule has 2 rings (SSSR count). The Morgan fingerprint density at radius 2 is 1.94 bits per heavy atom. The number of carbonyl (C=O) groups is 1. The highest BCUT2D eigenvalue weighted by atomic mass is 16.5. The van der Waals surface area contributed by atoms with Gasteiger partial charge >= 0.3 is 5.97 Å². The van der Waals surface area contributed by atoms with Crippen LogP contribution in [0.4, 0.5) is 0 Å². The highest BCUT2D eigenvalue weighted by molar-refractivity contribution is 5.90. The summed E-state index contributed by atoms with van der Waals surface area (Å²) in [4.78, 5) is 23.2. The molecular weight excluding hydrogens is 232 g/mol. The van der Waals surface area contributed by atoms with E-state index in [1.165, 1.54) is 0 Å². The van der Waals surface area contributed by atoms with Gasteiger partial charge in [-0.05, 0) is 12.5 Å². The molecule has 0 atom stereocenters. The smallest absolute Gasteiger partial charge is 0.345 e. The Kier molecular flexibility index (Phi) is 3.62. The molecule has 0 saturated carbocycles. The van der Waals surface area contributed by atoms with Gasteiger partial charge in [0.1, 0.15) is 5.56 Å². The van der Waals surface area contributed by atoms with Gasteiger partial charge < -0.3 is 9.84 Å². The second-order valence-electron chi connectivity index (χ2n) is 3.82. The molecule has 2 aromatic rings. The van der Waals surface area contributed by atoms with Gasteiger partial charge in [0.2, 0.25) is 0 Å². The van der Waals surface area contributed by atoms with Crippen LogP contribution in [0.5, 0.6) is 0 Å². The first-order valence-electron chi connectivity index (χ1n) is 5.73. The first-order valence-corrected chi connectivity index (χ1v) is 5.73. The zero-order valence-corrected chi connectivity index (χ0v) is 10.0. The van der Waals surface area contributed by atoms with E-state index in [1.807, 2.05) is 30.3 Å². The van der Waals surface area contributed by atoms with Crippen LogP contribution in [-0.4, -0.2) is 22.8 Å². The molecule has 0 amide bonds. The standard InChI is InChI=1S/C13H14N2O3/c1-2-18-13(17)11-10(14-15-12(11)16)8-9-6-4-3-5-7-9/h3-7H,2,8H2,1H3,(H2,14,15,16). The van der Waals surface area contributed by atoms with E-state index >= 15 is 0 Å². The number of esters is 1. The van der Waals surface area contributed by atoms with Crippen molar-refractivity contribution in [1.29, 1.82) is 0 Å². The lowest BCUT2D eigenvalue weighted by atomic mass is 10.1. The van der Waals surface area contributed by atoms with Crippen LogP contribution in [-0.2, 0) is 11.2 Å². The lowest BCUT2D eigenvalue weighted by Gasteiger charge is -2.02. The number of H-pyrrole nitrogens is 2. The molecule has 5 nitrogen and oxygen atoms in total. The van der Waals surface area contributed by atoms with E-state index in [0.717, 1.165) is 5.56 Å². The van der Waals surface area contributed by atoms with Crippen LogP contribution in [0.1, 0.15) is 28.5 Å². The van der Waals surface area contributed by atoms with Crippen LogP contribution < -0.4 is 5.56 Å². The van der Waals surface area contributed by atoms with Crippen molar-refractivity contribution in [2.45, 2.75) is 13.3 Å². The van der Waals surface area contributed by atoms with Crippen molar-refractivity contribution in [3.05, 3.63) is 57.5 Å². The van der Waals surface area contributed by atoms with Crippen LogP contribution in [0.15, 0.2) is 35.1 Å². The Balaban J connectivity index is 2.29. The van der Waals surface area contributed by atoms with Gasteiger partial charge in [0.05, 0.1) is 12.3 Å². The summed E-state index contributed by atoms with van der Waals surface area (Å²) in [6.07, 6.45) is 0.480. The lowest BCUT2D eigenvalue weighted by molar-refractivity contribution is 0.0524. The van der Waals surface area contributed by atoms with Gasteiger partial charge in [0.25, 0.3) is 5.56 Å². The second kappa shape index (κ2) is 5.35. The van der Waals surface area contributed by atoms with Crippen LogP contribution >= 0.6 is 0 Å². The van der Waals surface area contributed by atoms with Crippen molar-refractivity contribution in [3.8, 4) is 0 Å². The molecule has 18 heavy (non-hydrogen) atoms. The fraction of sp³-hybridized carbons (Fsp3) is 0.231. The summed E-state index contributed by atoms with van der Waals surface area (Å²) in [5.74, 6) is -0.592. The Hall–Kier alpha value is -2.30. The third-order valence-corrected chi connectivity index (χ3v) is 2.56. The highest BCUT2D eigenvalue weighted by Gasteiger charge is 2.19. The van der Waals surface area contributed by atoms with E-state index in [1.54, 1.807) is 6.92 Å². The summed E-state index contributed by atoms with van der Waals surface area (Å²) in [5, 5.41) is 5.14. The molecule has 0 bridgehead atoms. The molecule has 0 saturated heterocycles. The molecule has 5 heteroatoms. The number of rotatable bonds is 4. The quantitative estimate of drug-likeness (QED) is 0.802. The third-order valence-electron chi connectivity index (χ3n) is 2.56. The van der Waals surface area contributed by atoms with Crippen LogP contribution in [0.3, 0.4) is 0 Å². The predicted molar refractivity (Wildman–Crippen MR) is 66.6 cm³/mol. The van der Waals surface area contributed by atoms with Crippen molar-refractivity contribution in [3.63, 3.8) is 0 Å². The first kappa shape index (κ1) is 12.2. The molecule has 2 N–H and O–H groups in total. The van der Waals surface area contributed by atoms with Crippen molar-refractivity contribution < 1.29 is 9.53 Å². The number of aromatic amines is 2. The van der Waals surface area contributed by atoms with E-state index in [9.17, 15) is 9.59 Å². The SMILES string of the molecule is CCOC(=O)c1c(Cc2ccccc2)[nH][nH]c1=O. The molecular formula is C13H14N2O3. The average Bonchev–Trinajstić information content (AvgIpc) is 2.72. The van der Waals surface area contributed by atoms with Gasteiger partial charge in [-0.2, -0.15) is 0 Å². The van der Waals surface area contributed by atoms with Crippen molar-refractivity contribution in [2.75, 3.05) is 6.61 Å². The Morgan fingerprint density at radius 3 is 2.61 bits per heavy atom. The molecule has 0 radical (unpaired) electrons. The van der Waals surface area contributed by atoms with Gasteiger partial charge in [-0.15, -0.1) is 0 Å². The van der Waals surface area contributed by atoms with Crippen molar-refractivity contribution in [1.82, 2.24) is 10.2 Å². The molecule has 94 valence electrons. The molecule has 0 fully saturated rings. The lowest BCUT2D eigenvalue weighted by Crippen LogP contribution is -2.16. The highest BCUT2D eigenvalue weighted by Crippen LogP contribution is 2.09. The number of aromatic nitrogens is 2. The first-order chi connectivity index (χ1) is 8.72. The summed E-state index contributed by atoms with van der Waals surface area (Å²) in [6.45, 7) is 1.95. The summed E-state index contributed by atoms with van der Waals surface area (Å²) in [5.41, 5.74) is 1.17. The zero-order valence-electron chi connectivity index (χ0n) is 10.0. The Morgan fingerprint density at radius 1 is 1.22 bits per heavy atom. The molecule has 0 aliphatic heterocycles. The van der Waals surface area contributed by atoms with E-state index in [-0.39, 0.29) is 12.2 Å². The molecule has 1 aromatic heterocycles. The largest absolute Gasteiger partial charge is 0.462 e.